The molecule has 0 saturated heterocycles. The highest BCUT2D eigenvalue weighted by Gasteiger charge is 2.22. The van der Waals surface area contributed by atoms with Crippen molar-refractivity contribution in [3.05, 3.63) is 13.7 Å². The Morgan fingerprint density at radius 1 is 1.33 bits per heavy atom. The maximum atomic E-state index is 4.37. The van der Waals surface area contributed by atoms with Crippen LogP contribution in [-0.4, -0.2) is 9.55 Å². The highest BCUT2D eigenvalue weighted by Crippen LogP contribution is 2.35. The first kappa shape index (κ1) is 12.1. The zero-order valence-corrected chi connectivity index (χ0v) is 13.2. The molecule has 2 rings (SSSR count). The van der Waals surface area contributed by atoms with Crippen molar-refractivity contribution in [1.29, 1.82) is 0 Å². The SMILES string of the molecule is CCC1CCC(n2cnc(I)c2I)CC1. The van der Waals surface area contributed by atoms with Crippen LogP contribution in [0.25, 0.3) is 0 Å². The van der Waals surface area contributed by atoms with E-state index < -0.39 is 0 Å². The third kappa shape index (κ3) is 2.68. The second kappa shape index (κ2) is 5.33. The minimum Gasteiger partial charge on any atom is -0.322 e. The molecule has 0 spiro atoms. The average molecular weight is 430 g/mol. The quantitative estimate of drug-likeness (QED) is 0.643. The van der Waals surface area contributed by atoms with E-state index in [1.54, 1.807) is 0 Å². The van der Waals surface area contributed by atoms with Gasteiger partial charge in [0.25, 0.3) is 0 Å². The van der Waals surface area contributed by atoms with E-state index in [2.05, 4.69) is 61.7 Å². The fraction of sp³-hybridized carbons (Fsp3) is 0.727. The van der Waals surface area contributed by atoms with Gasteiger partial charge in [0, 0.05) is 6.04 Å². The van der Waals surface area contributed by atoms with Crippen LogP contribution in [0, 0.1) is 13.3 Å². The van der Waals surface area contributed by atoms with Gasteiger partial charge in [-0.1, -0.05) is 13.3 Å². The number of halogens is 2. The van der Waals surface area contributed by atoms with Crippen molar-refractivity contribution in [2.45, 2.75) is 45.1 Å². The van der Waals surface area contributed by atoms with Gasteiger partial charge >= 0.3 is 0 Å². The topological polar surface area (TPSA) is 17.8 Å². The predicted octanol–water partition coefficient (Wildman–Crippen LogP) is 4.23. The monoisotopic (exact) mass is 430 g/mol. The van der Waals surface area contributed by atoms with Gasteiger partial charge in [0.2, 0.25) is 0 Å². The Balaban J connectivity index is 2.04. The molecule has 0 atom stereocenters. The van der Waals surface area contributed by atoms with E-state index in [4.69, 9.17) is 0 Å². The Hall–Kier alpha value is 0.670. The molecular weight excluding hydrogens is 414 g/mol. The maximum absolute atomic E-state index is 4.37. The largest absolute Gasteiger partial charge is 0.322 e. The molecule has 1 aliphatic rings. The second-order valence-electron chi connectivity index (χ2n) is 4.32. The van der Waals surface area contributed by atoms with Gasteiger partial charge in [-0.2, -0.15) is 0 Å². The first-order valence-corrected chi connectivity index (χ1v) is 7.76. The molecule has 0 unspecified atom stereocenters. The summed E-state index contributed by atoms with van der Waals surface area (Å²) in [6, 6.07) is 0.704. The number of imidazole rings is 1. The summed E-state index contributed by atoms with van der Waals surface area (Å²) in [5.41, 5.74) is 0. The number of rotatable bonds is 2. The highest BCUT2D eigenvalue weighted by molar-refractivity contribution is 14.1. The summed E-state index contributed by atoms with van der Waals surface area (Å²) in [5, 5.41) is 0. The van der Waals surface area contributed by atoms with Crippen molar-refractivity contribution in [1.82, 2.24) is 9.55 Å². The summed E-state index contributed by atoms with van der Waals surface area (Å²) in [7, 11) is 0. The lowest BCUT2D eigenvalue weighted by Crippen LogP contribution is -2.18. The van der Waals surface area contributed by atoms with E-state index in [1.165, 1.54) is 35.8 Å². The molecule has 0 amide bonds. The molecule has 0 N–H and O–H groups in total. The first-order valence-electron chi connectivity index (χ1n) is 5.60. The van der Waals surface area contributed by atoms with E-state index in [1.807, 2.05) is 6.33 Å². The van der Waals surface area contributed by atoms with E-state index in [0.717, 1.165) is 9.62 Å². The summed E-state index contributed by atoms with van der Waals surface area (Å²) < 4.78 is 4.83. The normalized spacial score (nSPS) is 26.9. The van der Waals surface area contributed by atoms with Crippen LogP contribution in [0.1, 0.15) is 45.1 Å². The Labute approximate surface area is 119 Å². The van der Waals surface area contributed by atoms with Gasteiger partial charge in [0.05, 0.1) is 6.33 Å². The zero-order chi connectivity index (χ0) is 10.8. The molecule has 1 fully saturated rings. The van der Waals surface area contributed by atoms with Crippen molar-refractivity contribution in [2.24, 2.45) is 5.92 Å². The third-order valence-corrected chi connectivity index (χ3v) is 6.37. The van der Waals surface area contributed by atoms with Crippen molar-refractivity contribution >= 4 is 45.2 Å². The van der Waals surface area contributed by atoms with Gasteiger partial charge in [-0.15, -0.1) is 0 Å². The predicted molar refractivity (Wildman–Crippen MR) is 78.9 cm³/mol. The van der Waals surface area contributed by atoms with Gasteiger partial charge in [-0.3, -0.25) is 0 Å². The minimum atomic E-state index is 0.704. The van der Waals surface area contributed by atoms with Crippen LogP contribution in [-0.2, 0) is 0 Å². The molecule has 0 aromatic carbocycles. The molecule has 4 heteroatoms. The molecule has 0 radical (unpaired) electrons. The minimum absolute atomic E-state index is 0.704. The summed E-state index contributed by atoms with van der Waals surface area (Å²) in [5.74, 6) is 0.974. The zero-order valence-electron chi connectivity index (χ0n) is 8.92. The molecule has 0 aliphatic heterocycles. The van der Waals surface area contributed by atoms with Crippen molar-refractivity contribution in [2.75, 3.05) is 0 Å². The fourth-order valence-electron chi connectivity index (χ4n) is 2.41. The van der Waals surface area contributed by atoms with Gasteiger partial charge in [-0.05, 0) is 76.8 Å². The molecule has 0 bridgehead atoms. The van der Waals surface area contributed by atoms with Gasteiger partial charge < -0.3 is 4.57 Å². The van der Waals surface area contributed by atoms with Crippen LogP contribution in [0.2, 0.25) is 0 Å². The summed E-state index contributed by atoms with van der Waals surface area (Å²) >= 11 is 4.72. The summed E-state index contributed by atoms with van der Waals surface area (Å²) in [6.07, 6.45) is 8.83. The van der Waals surface area contributed by atoms with Crippen molar-refractivity contribution < 1.29 is 0 Å². The Morgan fingerprint density at radius 2 is 2.00 bits per heavy atom. The molecule has 1 aliphatic carbocycles. The molecule has 1 saturated carbocycles. The van der Waals surface area contributed by atoms with Gasteiger partial charge in [-0.25, -0.2) is 4.98 Å². The van der Waals surface area contributed by atoms with Gasteiger partial charge in [0.1, 0.15) is 7.40 Å². The molecular formula is C11H16I2N2. The molecule has 1 heterocycles. The molecule has 84 valence electrons. The van der Waals surface area contributed by atoms with E-state index in [0.29, 0.717) is 6.04 Å². The van der Waals surface area contributed by atoms with Crippen LogP contribution in [0.3, 0.4) is 0 Å². The van der Waals surface area contributed by atoms with E-state index in [-0.39, 0.29) is 0 Å². The van der Waals surface area contributed by atoms with E-state index in [9.17, 15) is 0 Å². The smallest absolute Gasteiger partial charge is 0.132 e. The van der Waals surface area contributed by atoms with Gasteiger partial charge in [0.15, 0.2) is 0 Å². The highest BCUT2D eigenvalue weighted by atomic mass is 127. The molecule has 2 nitrogen and oxygen atoms in total. The summed E-state index contributed by atoms with van der Waals surface area (Å²) in [6.45, 7) is 2.31. The van der Waals surface area contributed by atoms with Crippen molar-refractivity contribution in [3.8, 4) is 0 Å². The number of aromatic nitrogens is 2. The van der Waals surface area contributed by atoms with Crippen molar-refractivity contribution in [3.63, 3.8) is 0 Å². The number of hydrogen-bond acceptors (Lipinski definition) is 1. The van der Waals surface area contributed by atoms with Crippen LogP contribution in [0.15, 0.2) is 6.33 Å². The summed E-state index contributed by atoms with van der Waals surface area (Å²) in [4.78, 5) is 4.37. The Kier molecular flexibility index (Phi) is 4.32. The number of hydrogen-bond donors (Lipinski definition) is 0. The average Bonchev–Trinajstić information content (AvgIpc) is 2.60. The molecule has 1 aromatic heterocycles. The number of nitrogens with zero attached hydrogens (tertiary/aromatic N) is 2. The van der Waals surface area contributed by atoms with Crippen LogP contribution in [0.4, 0.5) is 0 Å². The lowest BCUT2D eigenvalue weighted by atomic mass is 9.84. The van der Waals surface area contributed by atoms with Crippen LogP contribution >= 0.6 is 45.2 Å². The lowest BCUT2D eigenvalue weighted by Gasteiger charge is -2.29. The van der Waals surface area contributed by atoms with E-state index >= 15 is 0 Å². The van der Waals surface area contributed by atoms with Crippen LogP contribution in [0.5, 0.6) is 0 Å². The maximum Gasteiger partial charge on any atom is 0.132 e. The standard InChI is InChI=1S/C11H16I2N2/c1-2-8-3-5-9(6-4-8)15-7-14-10(12)11(15)13/h7-9H,2-6H2,1H3. The molecule has 15 heavy (non-hydrogen) atoms. The fourth-order valence-corrected chi connectivity index (χ4v) is 3.47. The Bertz CT molecular complexity index is 327. The third-order valence-electron chi connectivity index (χ3n) is 3.48. The second-order valence-corrected chi connectivity index (χ2v) is 6.36. The van der Waals surface area contributed by atoms with Crippen LogP contribution < -0.4 is 0 Å². The molecule has 1 aromatic rings. The lowest BCUT2D eigenvalue weighted by molar-refractivity contribution is 0.267. The Morgan fingerprint density at radius 3 is 2.47 bits per heavy atom. The first-order chi connectivity index (χ1) is 7.22.